The summed E-state index contributed by atoms with van der Waals surface area (Å²) in [6, 6.07) is 29.1. The van der Waals surface area contributed by atoms with E-state index in [9.17, 15) is 4.79 Å². The van der Waals surface area contributed by atoms with E-state index in [-0.39, 0.29) is 17.9 Å². The lowest BCUT2D eigenvalue weighted by molar-refractivity contribution is -0.122. The maximum Gasteiger partial charge on any atom is 0.236 e. The number of benzene rings is 3. The van der Waals surface area contributed by atoms with Crippen LogP contribution in [0.4, 0.5) is 0 Å². The van der Waals surface area contributed by atoms with E-state index in [1.807, 2.05) is 19.1 Å². The van der Waals surface area contributed by atoms with Crippen molar-refractivity contribution in [3.8, 4) is 11.3 Å². The topological polar surface area (TPSA) is 56.9 Å². The summed E-state index contributed by atoms with van der Waals surface area (Å²) in [5.41, 5.74) is 5.87. The van der Waals surface area contributed by atoms with E-state index >= 15 is 0 Å². The van der Waals surface area contributed by atoms with Crippen molar-refractivity contribution in [2.24, 2.45) is 0 Å². The quantitative estimate of drug-likeness (QED) is 0.424. The number of carbonyl (C=O) groups is 1. The standard InChI is InChI=1S/C26H27N3O/c1-18(26(30)27-2)28-17-22(19-11-5-3-6-12-19)24-21-15-9-10-16-23(21)29-25(24)20-13-7-4-8-14-20/h3-16,18,22,28-29H,17H2,1-2H3,(H,27,30)/t18-,22-/m0/s1. The molecule has 4 aromatic rings. The summed E-state index contributed by atoms with van der Waals surface area (Å²) in [6.07, 6.45) is 0. The van der Waals surface area contributed by atoms with Gasteiger partial charge in [-0.3, -0.25) is 4.79 Å². The first-order valence-corrected chi connectivity index (χ1v) is 10.3. The lowest BCUT2D eigenvalue weighted by Gasteiger charge is -2.22. The summed E-state index contributed by atoms with van der Waals surface area (Å²) in [5, 5.41) is 7.37. The predicted octanol–water partition coefficient (Wildman–Crippen LogP) is 4.69. The second kappa shape index (κ2) is 8.97. The fourth-order valence-corrected chi connectivity index (χ4v) is 4.03. The van der Waals surface area contributed by atoms with Crippen LogP contribution in [0.5, 0.6) is 0 Å². The highest BCUT2D eigenvalue weighted by Gasteiger charge is 2.24. The van der Waals surface area contributed by atoms with Crippen LogP contribution in [0, 0.1) is 0 Å². The molecular weight excluding hydrogens is 370 g/mol. The molecule has 0 saturated carbocycles. The fourth-order valence-electron chi connectivity index (χ4n) is 4.03. The maximum atomic E-state index is 12.1. The zero-order valence-electron chi connectivity index (χ0n) is 17.4. The highest BCUT2D eigenvalue weighted by atomic mass is 16.2. The van der Waals surface area contributed by atoms with Crippen LogP contribution in [0.2, 0.25) is 0 Å². The predicted molar refractivity (Wildman–Crippen MR) is 124 cm³/mol. The number of para-hydroxylation sites is 1. The molecule has 4 rings (SSSR count). The Labute approximate surface area is 177 Å². The number of amides is 1. The van der Waals surface area contributed by atoms with Crippen molar-refractivity contribution < 1.29 is 4.79 Å². The first kappa shape index (κ1) is 19.9. The van der Waals surface area contributed by atoms with Crippen molar-refractivity contribution in [1.82, 2.24) is 15.6 Å². The van der Waals surface area contributed by atoms with Crippen LogP contribution in [-0.2, 0) is 4.79 Å². The van der Waals surface area contributed by atoms with E-state index in [0.29, 0.717) is 6.54 Å². The molecule has 30 heavy (non-hydrogen) atoms. The van der Waals surface area contributed by atoms with E-state index in [2.05, 4.69) is 88.4 Å². The summed E-state index contributed by atoms with van der Waals surface area (Å²) in [6.45, 7) is 2.55. The molecule has 0 radical (unpaired) electrons. The zero-order chi connectivity index (χ0) is 20.9. The molecule has 3 N–H and O–H groups in total. The van der Waals surface area contributed by atoms with Gasteiger partial charge in [-0.15, -0.1) is 0 Å². The summed E-state index contributed by atoms with van der Waals surface area (Å²) in [4.78, 5) is 15.7. The van der Waals surface area contributed by atoms with E-state index in [1.165, 1.54) is 16.5 Å². The van der Waals surface area contributed by atoms with Crippen molar-refractivity contribution in [2.75, 3.05) is 13.6 Å². The minimum Gasteiger partial charge on any atom is -0.358 e. The highest BCUT2D eigenvalue weighted by molar-refractivity contribution is 5.92. The number of likely N-dealkylation sites (N-methyl/N-ethyl adjacent to an activating group) is 1. The number of hydrogen-bond acceptors (Lipinski definition) is 2. The van der Waals surface area contributed by atoms with Gasteiger partial charge in [-0.2, -0.15) is 0 Å². The number of nitrogens with one attached hydrogen (secondary N) is 3. The Kier molecular flexibility index (Phi) is 5.96. The molecule has 1 heterocycles. The second-order valence-corrected chi connectivity index (χ2v) is 7.53. The van der Waals surface area contributed by atoms with Crippen molar-refractivity contribution in [3.05, 3.63) is 96.1 Å². The summed E-state index contributed by atoms with van der Waals surface area (Å²) in [7, 11) is 1.67. The van der Waals surface area contributed by atoms with Crippen LogP contribution in [0.1, 0.15) is 24.0 Å². The third kappa shape index (κ3) is 4.00. The third-order valence-electron chi connectivity index (χ3n) is 5.63. The van der Waals surface area contributed by atoms with Gasteiger partial charge in [-0.1, -0.05) is 78.9 Å². The Morgan fingerprint density at radius 2 is 1.53 bits per heavy atom. The molecular formula is C26H27N3O. The molecule has 4 heteroatoms. The molecule has 0 fully saturated rings. The van der Waals surface area contributed by atoms with Crippen LogP contribution in [0.25, 0.3) is 22.2 Å². The number of aromatic nitrogens is 1. The average Bonchev–Trinajstić information content (AvgIpc) is 3.19. The van der Waals surface area contributed by atoms with Gasteiger partial charge in [0.2, 0.25) is 5.91 Å². The van der Waals surface area contributed by atoms with Gasteiger partial charge in [0, 0.05) is 30.4 Å². The summed E-state index contributed by atoms with van der Waals surface area (Å²) < 4.78 is 0. The van der Waals surface area contributed by atoms with Crippen LogP contribution >= 0.6 is 0 Å². The Bertz CT molecular complexity index is 1120. The van der Waals surface area contributed by atoms with Gasteiger partial charge >= 0.3 is 0 Å². The van der Waals surface area contributed by atoms with Crippen LogP contribution in [-0.4, -0.2) is 30.5 Å². The molecule has 0 bridgehead atoms. The number of H-pyrrole nitrogens is 1. The molecule has 0 saturated heterocycles. The SMILES string of the molecule is CNC(=O)[C@H](C)NC[C@@H](c1ccccc1)c1c(-c2ccccc2)[nH]c2ccccc12. The minimum absolute atomic E-state index is 0.0102. The Balaban J connectivity index is 1.85. The van der Waals surface area contributed by atoms with Crippen LogP contribution in [0.15, 0.2) is 84.9 Å². The number of rotatable bonds is 7. The van der Waals surface area contributed by atoms with Gasteiger partial charge < -0.3 is 15.6 Å². The molecule has 1 amide bonds. The maximum absolute atomic E-state index is 12.1. The van der Waals surface area contributed by atoms with Gasteiger partial charge in [-0.05, 0) is 29.7 Å². The van der Waals surface area contributed by atoms with Crippen molar-refractivity contribution in [1.29, 1.82) is 0 Å². The third-order valence-corrected chi connectivity index (χ3v) is 5.63. The molecule has 0 aliphatic carbocycles. The summed E-state index contributed by atoms with van der Waals surface area (Å²) in [5.74, 6) is 0.0775. The van der Waals surface area contributed by atoms with Gasteiger partial charge in [0.15, 0.2) is 0 Å². The number of aromatic amines is 1. The van der Waals surface area contributed by atoms with E-state index in [1.54, 1.807) is 7.05 Å². The summed E-state index contributed by atoms with van der Waals surface area (Å²) >= 11 is 0. The van der Waals surface area contributed by atoms with E-state index in [4.69, 9.17) is 0 Å². The van der Waals surface area contributed by atoms with E-state index in [0.717, 1.165) is 16.8 Å². The molecule has 152 valence electrons. The monoisotopic (exact) mass is 397 g/mol. The number of hydrogen-bond donors (Lipinski definition) is 3. The second-order valence-electron chi connectivity index (χ2n) is 7.53. The van der Waals surface area contributed by atoms with Crippen molar-refractivity contribution in [3.63, 3.8) is 0 Å². The van der Waals surface area contributed by atoms with Gasteiger partial charge in [0.25, 0.3) is 0 Å². The van der Waals surface area contributed by atoms with Crippen molar-refractivity contribution >= 4 is 16.8 Å². The number of carbonyl (C=O) groups excluding carboxylic acids is 1. The van der Waals surface area contributed by atoms with Gasteiger partial charge in [0.05, 0.1) is 11.7 Å². The zero-order valence-corrected chi connectivity index (χ0v) is 17.4. The Hall–Kier alpha value is -3.37. The highest BCUT2D eigenvalue weighted by Crippen LogP contribution is 2.38. The Morgan fingerprint density at radius 1 is 0.900 bits per heavy atom. The first-order chi connectivity index (χ1) is 14.7. The lowest BCUT2D eigenvalue weighted by atomic mass is 9.87. The van der Waals surface area contributed by atoms with E-state index < -0.39 is 0 Å². The van der Waals surface area contributed by atoms with Crippen molar-refractivity contribution in [2.45, 2.75) is 18.9 Å². The average molecular weight is 398 g/mol. The first-order valence-electron chi connectivity index (χ1n) is 10.3. The minimum atomic E-state index is -0.272. The lowest BCUT2D eigenvalue weighted by Crippen LogP contribution is -2.42. The normalized spacial score (nSPS) is 13.1. The van der Waals surface area contributed by atoms with Crippen LogP contribution < -0.4 is 10.6 Å². The smallest absolute Gasteiger partial charge is 0.236 e. The molecule has 0 unspecified atom stereocenters. The van der Waals surface area contributed by atoms with Gasteiger partial charge in [0.1, 0.15) is 0 Å². The molecule has 1 aromatic heterocycles. The largest absolute Gasteiger partial charge is 0.358 e. The molecule has 0 aliphatic heterocycles. The fraction of sp³-hybridized carbons (Fsp3) is 0.192. The Morgan fingerprint density at radius 3 is 2.23 bits per heavy atom. The molecule has 4 nitrogen and oxygen atoms in total. The molecule has 0 aliphatic rings. The number of fused-ring (bicyclic) bond motifs is 1. The molecule has 0 spiro atoms. The molecule has 3 aromatic carbocycles. The van der Waals surface area contributed by atoms with Gasteiger partial charge in [-0.25, -0.2) is 0 Å². The van der Waals surface area contributed by atoms with Crippen LogP contribution in [0.3, 0.4) is 0 Å². The molecule has 2 atom stereocenters.